The van der Waals surface area contributed by atoms with Gasteiger partial charge in [-0.2, -0.15) is 13.5 Å². The number of fused-ring (bicyclic) bond motifs is 1. The second-order valence-corrected chi connectivity index (χ2v) is 10.1. The number of aryl methyl sites for hydroxylation is 1. The summed E-state index contributed by atoms with van der Waals surface area (Å²) in [5, 5.41) is 25.4. The van der Waals surface area contributed by atoms with Crippen LogP contribution >= 0.6 is 23.2 Å². The molecule has 9 nitrogen and oxygen atoms in total. The molecular formula is C25H18Cl2N3NaO6S. The molecule has 0 heterocycles. The molecule has 4 aromatic carbocycles. The van der Waals surface area contributed by atoms with Gasteiger partial charge in [-0.15, -0.1) is 5.11 Å². The summed E-state index contributed by atoms with van der Waals surface area (Å²) in [6, 6.07) is 15.2. The number of halogens is 2. The summed E-state index contributed by atoms with van der Waals surface area (Å²) in [5.41, 5.74) is -0.273. The predicted octanol–water partition coefficient (Wildman–Crippen LogP) is 3.46. The molecule has 0 atom stereocenters. The number of benzene rings is 4. The van der Waals surface area contributed by atoms with Gasteiger partial charge in [0.15, 0.2) is 0 Å². The Morgan fingerprint density at radius 2 is 1.74 bits per heavy atom. The number of anilines is 1. The van der Waals surface area contributed by atoms with Crippen LogP contribution in [0, 0.1) is 6.92 Å². The van der Waals surface area contributed by atoms with Gasteiger partial charge in [0.25, 0.3) is 16.0 Å². The van der Waals surface area contributed by atoms with Crippen LogP contribution in [0.1, 0.15) is 15.9 Å². The zero-order chi connectivity index (χ0) is 26.9. The van der Waals surface area contributed by atoms with Gasteiger partial charge in [0.2, 0.25) is 0 Å². The van der Waals surface area contributed by atoms with Crippen LogP contribution in [0.3, 0.4) is 0 Å². The van der Waals surface area contributed by atoms with Crippen molar-refractivity contribution in [1.82, 2.24) is 0 Å². The monoisotopic (exact) mass is 581 g/mol. The molecule has 0 bridgehead atoms. The molecule has 13 heteroatoms. The zero-order valence-electron chi connectivity index (χ0n) is 20.3. The minimum absolute atomic E-state index is 0. The normalized spacial score (nSPS) is 11.4. The van der Waals surface area contributed by atoms with Crippen molar-refractivity contribution in [3.8, 4) is 11.5 Å². The van der Waals surface area contributed by atoms with Crippen LogP contribution < -0.4 is 44.7 Å². The number of nitrogens with zero attached hydrogens (tertiary/aromatic N) is 2. The minimum atomic E-state index is -4.68. The van der Waals surface area contributed by atoms with Crippen molar-refractivity contribution >= 4 is 67.1 Å². The predicted molar refractivity (Wildman–Crippen MR) is 140 cm³/mol. The SMILES string of the molecule is COc1cc(Cl)ccc1NC(=O)c1cc2ccccc2c(N=Nc2cc(Cl)cc(C)c2S(=O)(=O)O)c1[O-].[Na+]. The number of methoxy groups -OCH3 is 1. The molecule has 0 aromatic heterocycles. The van der Waals surface area contributed by atoms with Gasteiger partial charge in [-0.3, -0.25) is 9.35 Å². The molecule has 0 fully saturated rings. The number of amides is 1. The van der Waals surface area contributed by atoms with Crippen LogP contribution in [0.5, 0.6) is 11.5 Å². The third kappa shape index (κ3) is 6.29. The third-order valence-electron chi connectivity index (χ3n) is 5.37. The fraction of sp³-hybridized carbons (Fsp3) is 0.0800. The van der Waals surface area contributed by atoms with Gasteiger partial charge in [0.05, 0.1) is 18.5 Å². The minimum Gasteiger partial charge on any atom is -0.870 e. The largest absolute Gasteiger partial charge is 1.00 e. The third-order valence-corrected chi connectivity index (χ3v) is 6.87. The summed E-state index contributed by atoms with van der Waals surface area (Å²) < 4.78 is 38.8. The Kier molecular flexibility index (Phi) is 9.43. The van der Waals surface area contributed by atoms with Gasteiger partial charge in [-0.05, 0) is 48.2 Å². The van der Waals surface area contributed by atoms with Crippen LogP contribution in [0.4, 0.5) is 17.1 Å². The van der Waals surface area contributed by atoms with E-state index in [1.807, 2.05) is 0 Å². The Labute approximate surface area is 250 Å². The van der Waals surface area contributed by atoms with Crippen molar-refractivity contribution < 1.29 is 57.2 Å². The molecule has 0 saturated carbocycles. The molecule has 0 aliphatic rings. The maximum absolute atomic E-state index is 13.4. The first-order valence-electron chi connectivity index (χ1n) is 10.6. The van der Waals surface area contributed by atoms with Crippen LogP contribution in [0.25, 0.3) is 10.8 Å². The fourth-order valence-corrected chi connectivity index (χ4v) is 5.02. The molecule has 4 rings (SSSR count). The van der Waals surface area contributed by atoms with E-state index in [4.69, 9.17) is 27.9 Å². The van der Waals surface area contributed by atoms with E-state index < -0.39 is 26.7 Å². The number of carbonyl (C=O) groups excluding carboxylic acids is 1. The number of hydrogen-bond donors (Lipinski definition) is 2. The fourth-order valence-electron chi connectivity index (χ4n) is 3.76. The second-order valence-electron chi connectivity index (χ2n) is 7.87. The maximum Gasteiger partial charge on any atom is 1.00 e. The van der Waals surface area contributed by atoms with E-state index in [0.717, 1.165) is 0 Å². The Morgan fingerprint density at radius 3 is 2.42 bits per heavy atom. The van der Waals surface area contributed by atoms with E-state index in [1.54, 1.807) is 30.3 Å². The molecule has 0 unspecified atom stereocenters. The van der Waals surface area contributed by atoms with Gasteiger partial charge < -0.3 is 15.2 Å². The van der Waals surface area contributed by atoms with E-state index in [1.165, 1.54) is 44.4 Å². The van der Waals surface area contributed by atoms with Crippen LogP contribution in [-0.4, -0.2) is 26.0 Å². The quantitative estimate of drug-likeness (QED) is 0.203. The van der Waals surface area contributed by atoms with Crippen molar-refractivity contribution in [3.63, 3.8) is 0 Å². The van der Waals surface area contributed by atoms with Gasteiger partial charge in [-0.25, -0.2) is 0 Å². The second kappa shape index (κ2) is 12.0. The van der Waals surface area contributed by atoms with E-state index in [9.17, 15) is 22.9 Å². The topological polar surface area (TPSA) is 140 Å². The average molecular weight is 582 g/mol. The van der Waals surface area contributed by atoms with E-state index in [2.05, 4.69) is 15.5 Å². The number of carbonyl (C=O) groups is 1. The number of azo groups is 1. The summed E-state index contributed by atoms with van der Waals surface area (Å²) in [6.45, 7) is 1.43. The number of hydrogen-bond acceptors (Lipinski definition) is 7. The van der Waals surface area contributed by atoms with Gasteiger partial charge in [-0.1, -0.05) is 53.2 Å². The Balaban J connectivity index is 0.00000400. The number of nitrogens with one attached hydrogen (secondary N) is 1. The molecule has 190 valence electrons. The molecular weight excluding hydrogens is 564 g/mol. The van der Waals surface area contributed by atoms with Crippen molar-refractivity contribution in [2.45, 2.75) is 11.8 Å². The summed E-state index contributed by atoms with van der Waals surface area (Å²) in [7, 11) is -3.27. The standard InChI is InChI=1S/C25H19Cl2N3O6S.Na/c1-13-9-16(27)11-20(24(13)37(33,34)35)29-30-22-17-6-4-3-5-14(17)10-18(23(22)31)25(32)28-19-8-7-15(26)12-21(19)36-2;/h3-12,31H,1-2H3,(H,28,32)(H,33,34,35);/q;+1/p-1. The summed E-state index contributed by atoms with van der Waals surface area (Å²) in [5.74, 6) is -1.19. The molecule has 0 radical (unpaired) electrons. The Morgan fingerprint density at radius 1 is 1.03 bits per heavy atom. The Hall–Kier alpha value is -2.70. The van der Waals surface area contributed by atoms with Crippen molar-refractivity contribution in [2.24, 2.45) is 10.2 Å². The first kappa shape index (κ1) is 29.9. The van der Waals surface area contributed by atoms with E-state index in [-0.39, 0.29) is 57.1 Å². The molecule has 0 aliphatic carbocycles. The molecule has 0 aliphatic heterocycles. The van der Waals surface area contributed by atoms with Gasteiger partial charge in [0.1, 0.15) is 16.3 Å². The van der Waals surface area contributed by atoms with Crippen molar-refractivity contribution in [1.29, 1.82) is 0 Å². The van der Waals surface area contributed by atoms with E-state index >= 15 is 0 Å². The summed E-state index contributed by atoms with van der Waals surface area (Å²) in [4.78, 5) is 12.6. The Bertz CT molecular complexity index is 1700. The number of rotatable bonds is 6. The van der Waals surface area contributed by atoms with Crippen LogP contribution in [0.15, 0.2) is 75.8 Å². The molecule has 2 N–H and O–H groups in total. The maximum atomic E-state index is 13.4. The molecule has 0 saturated heterocycles. The zero-order valence-corrected chi connectivity index (χ0v) is 24.6. The average Bonchev–Trinajstić information content (AvgIpc) is 2.82. The van der Waals surface area contributed by atoms with Crippen LogP contribution in [-0.2, 0) is 10.1 Å². The number of ether oxygens (including phenoxy) is 1. The molecule has 4 aromatic rings. The smallest absolute Gasteiger partial charge is 0.870 e. The first-order valence-corrected chi connectivity index (χ1v) is 12.8. The molecule has 38 heavy (non-hydrogen) atoms. The van der Waals surface area contributed by atoms with E-state index in [0.29, 0.717) is 27.2 Å². The summed E-state index contributed by atoms with van der Waals surface area (Å²) >= 11 is 12.0. The summed E-state index contributed by atoms with van der Waals surface area (Å²) in [6.07, 6.45) is 0. The van der Waals surface area contributed by atoms with Gasteiger partial charge in [0, 0.05) is 27.1 Å². The van der Waals surface area contributed by atoms with Crippen molar-refractivity contribution in [3.05, 3.63) is 81.8 Å². The molecule has 0 spiro atoms. The van der Waals surface area contributed by atoms with Gasteiger partial charge >= 0.3 is 29.6 Å². The van der Waals surface area contributed by atoms with Crippen LogP contribution in [0.2, 0.25) is 10.0 Å². The van der Waals surface area contributed by atoms with Crippen molar-refractivity contribution in [2.75, 3.05) is 12.4 Å². The first-order chi connectivity index (χ1) is 17.5. The molecule has 1 amide bonds.